The first-order chi connectivity index (χ1) is 13.0. The Bertz CT molecular complexity index is 949. The number of carbonyl (C=O) groups is 1. The monoisotopic (exact) mass is 467 g/mol. The first kappa shape index (κ1) is 19.9. The molecule has 1 aliphatic rings. The Morgan fingerprint density at radius 1 is 1.30 bits per heavy atom. The number of para-hydroxylation sites is 1. The zero-order chi connectivity index (χ0) is 19.6. The molecule has 140 valence electrons. The van der Waals surface area contributed by atoms with Gasteiger partial charge in [0.05, 0.1) is 24.3 Å². The maximum absolute atomic E-state index is 14.1. The van der Waals surface area contributed by atoms with Crippen LogP contribution in [0, 0.1) is 5.82 Å². The summed E-state index contributed by atoms with van der Waals surface area (Å²) in [6.07, 6.45) is 1.70. The molecule has 1 heterocycles. The van der Waals surface area contributed by atoms with Crippen LogP contribution in [0.1, 0.15) is 12.5 Å². The maximum atomic E-state index is 14.1. The average molecular weight is 468 g/mol. The minimum atomic E-state index is -0.501. The molecule has 1 aliphatic heterocycles. The molecule has 1 amide bonds. The Balaban J connectivity index is 1.98. The lowest BCUT2D eigenvalue weighted by Crippen LogP contribution is -2.28. The fourth-order valence-electron chi connectivity index (χ4n) is 2.54. The van der Waals surface area contributed by atoms with Crippen LogP contribution >= 0.6 is 39.9 Å². The van der Waals surface area contributed by atoms with Gasteiger partial charge in [-0.2, -0.15) is 0 Å². The highest BCUT2D eigenvalue weighted by Gasteiger charge is 2.34. The predicted octanol–water partition coefficient (Wildman–Crippen LogP) is 5.40. The van der Waals surface area contributed by atoms with Crippen LogP contribution in [-0.4, -0.2) is 23.9 Å². The maximum Gasteiger partial charge on any atom is 0.270 e. The van der Waals surface area contributed by atoms with E-state index in [4.69, 9.17) is 21.7 Å². The van der Waals surface area contributed by atoms with Crippen LogP contribution < -0.4 is 14.4 Å². The molecule has 8 heteroatoms. The standard InChI is InChI=1S/C19H15BrFNO3S2/c1-3-25-16-10-12(20)11(8-15(16)24-2)9-17-18(23)22(19(26)27-17)14-7-5-4-6-13(14)21/h4-10H,3H2,1-2H3/b17-9+. The number of hydrogen-bond acceptors (Lipinski definition) is 5. The van der Waals surface area contributed by atoms with E-state index in [9.17, 15) is 9.18 Å². The second-order valence-electron chi connectivity index (χ2n) is 5.43. The molecule has 4 nitrogen and oxygen atoms in total. The van der Waals surface area contributed by atoms with Gasteiger partial charge >= 0.3 is 0 Å². The van der Waals surface area contributed by atoms with Gasteiger partial charge in [-0.05, 0) is 42.8 Å². The van der Waals surface area contributed by atoms with Gasteiger partial charge < -0.3 is 9.47 Å². The summed E-state index contributed by atoms with van der Waals surface area (Å²) in [5, 5.41) is 0. The topological polar surface area (TPSA) is 38.8 Å². The van der Waals surface area contributed by atoms with Crippen molar-refractivity contribution < 1.29 is 18.7 Å². The van der Waals surface area contributed by atoms with Crippen molar-refractivity contribution in [3.63, 3.8) is 0 Å². The lowest BCUT2D eigenvalue weighted by Gasteiger charge is -2.15. The Morgan fingerprint density at radius 3 is 2.70 bits per heavy atom. The lowest BCUT2D eigenvalue weighted by atomic mass is 10.1. The number of nitrogens with zero attached hydrogens (tertiary/aromatic N) is 1. The zero-order valence-corrected chi connectivity index (χ0v) is 17.7. The minimum Gasteiger partial charge on any atom is -0.493 e. The van der Waals surface area contributed by atoms with E-state index in [1.165, 1.54) is 17.0 Å². The van der Waals surface area contributed by atoms with Gasteiger partial charge in [-0.1, -0.05) is 52.0 Å². The average Bonchev–Trinajstić information content (AvgIpc) is 2.91. The number of anilines is 1. The summed E-state index contributed by atoms with van der Waals surface area (Å²) < 4.78 is 26.0. The fourth-order valence-corrected chi connectivity index (χ4v) is 4.25. The Hall–Kier alpha value is -1.90. The van der Waals surface area contributed by atoms with Gasteiger partial charge in [0.25, 0.3) is 5.91 Å². The summed E-state index contributed by atoms with van der Waals surface area (Å²) in [6.45, 7) is 2.39. The highest BCUT2D eigenvalue weighted by molar-refractivity contribution is 9.10. The van der Waals surface area contributed by atoms with Gasteiger partial charge in [-0.3, -0.25) is 9.69 Å². The largest absolute Gasteiger partial charge is 0.493 e. The van der Waals surface area contributed by atoms with Crippen molar-refractivity contribution in [3.05, 3.63) is 57.2 Å². The molecule has 0 N–H and O–H groups in total. The summed E-state index contributed by atoms with van der Waals surface area (Å²) in [5.74, 6) is 0.285. The van der Waals surface area contributed by atoms with Crippen molar-refractivity contribution >= 4 is 61.9 Å². The Kier molecular flexibility index (Phi) is 6.18. The molecule has 1 fully saturated rings. The summed E-state index contributed by atoms with van der Waals surface area (Å²) >= 11 is 9.91. The summed E-state index contributed by atoms with van der Waals surface area (Å²) in [5.41, 5.74) is 0.871. The lowest BCUT2D eigenvalue weighted by molar-refractivity contribution is -0.113. The fraction of sp³-hybridized carbons (Fsp3) is 0.158. The molecule has 0 bridgehead atoms. The predicted molar refractivity (Wildman–Crippen MR) is 114 cm³/mol. The number of hydrogen-bond donors (Lipinski definition) is 0. The van der Waals surface area contributed by atoms with Crippen LogP contribution in [0.4, 0.5) is 10.1 Å². The Labute approximate surface area is 174 Å². The molecule has 0 radical (unpaired) electrons. The van der Waals surface area contributed by atoms with Crippen molar-refractivity contribution in [3.8, 4) is 11.5 Å². The van der Waals surface area contributed by atoms with E-state index in [1.807, 2.05) is 6.92 Å². The van der Waals surface area contributed by atoms with Crippen molar-refractivity contribution in [1.29, 1.82) is 0 Å². The van der Waals surface area contributed by atoms with E-state index in [-0.39, 0.29) is 15.9 Å². The molecule has 0 aromatic heterocycles. The van der Waals surface area contributed by atoms with Crippen LogP contribution in [-0.2, 0) is 4.79 Å². The van der Waals surface area contributed by atoms with Crippen LogP contribution in [0.15, 0.2) is 45.8 Å². The summed E-state index contributed by atoms with van der Waals surface area (Å²) in [4.78, 5) is 14.4. The zero-order valence-electron chi connectivity index (χ0n) is 14.5. The first-order valence-electron chi connectivity index (χ1n) is 7.99. The second-order valence-corrected chi connectivity index (χ2v) is 7.96. The van der Waals surface area contributed by atoms with Gasteiger partial charge in [0.15, 0.2) is 15.8 Å². The number of benzene rings is 2. The molecule has 1 saturated heterocycles. The van der Waals surface area contributed by atoms with Crippen molar-refractivity contribution in [2.24, 2.45) is 0 Å². The minimum absolute atomic E-state index is 0.145. The van der Waals surface area contributed by atoms with Crippen molar-refractivity contribution in [2.45, 2.75) is 6.92 Å². The number of thiocarbonyl (C=S) groups is 1. The van der Waals surface area contributed by atoms with E-state index in [2.05, 4.69) is 15.9 Å². The van der Waals surface area contributed by atoms with Crippen LogP contribution in [0.2, 0.25) is 0 Å². The van der Waals surface area contributed by atoms with Crippen molar-refractivity contribution in [1.82, 2.24) is 0 Å². The van der Waals surface area contributed by atoms with Crippen LogP contribution in [0.5, 0.6) is 11.5 Å². The van der Waals surface area contributed by atoms with Gasteiger partial charge in [-0.15, -0.1) is 0 Å². The molecule has 0 atom stereocenters. The third-order valence-electron chi connectivity index (χ3n) is 3.76. The van der Waals surface area contributed by atoms with Crippen molar-refractivity contribution in [2.75, 3.05) is 18.6 Å². The van der Waals surface area contributed by atoms with E-state index < -0.39 is 5.82 Å². The van der Waals surface area contributed by atoms with Gasteiger partial charge in [0.2, 0.25) is 0 Å². The number of halogens is 2. The molecule has 3 rings (SSSR count). The number of ether oxygens (including phenoxy) is 2. The molecule has 0 aliphatic carbocycles. The molecule has 0 unspecified atom stereocenters. The van der Waals surface area contributed by atoms with E-state index >= 15 is 0 Å². The molecular weight excluding hydrogens is 453 g/mol. The Morgan fingerprint density at radius 2 is 2.04 bits per heavy atom. The van der Waals surface area contributed by atoms with Crippen LogP contribution in [0.25, 0.3) is 6.08 Å². The van der Waals surface area contributed by atoms with Gasteiger partial charge in [0, 0.05) is 4.47 Å². The SMILES string of the molecule is CCOc1cc(Br)c(/C=C2/SC(=S)N(c3ccccc3F)C2=O)cc1OC. The van der Waals surface area contributed by atoms with E-state index in [0.717, 1.165) is 21.8 Å². The molecule has 2 aromatic rings. The molecule has 0 spiro atoms. The highest BCUT2D eigenvalue weighted by atomic mass is 79.9. The molecule has 2 aromatic carbocycles. The highest BCUT2D eigenvalue weighted by Crippen LogP contribution is 2.40. The number of rotatable bonds is 5. The third-order valence-corrected chi connectivity index (χ3v) is 5.75. The molecular formula is C19H15BrFNO3S2. The number of methoxy groups -OCH3 is 1. The number of amides is 1. The van der Waals surface area contributed by atoms with Gasteiger partial charge in [-0.25, -0.2) is 4.39 Å². The summed E-state index contributed by atoms with van der Waals surface area (Å²) in [6, 6.07) is 9.60. The van der Waals surface area contributed by atoms with E-state index in [0.29, 0.717) is 23.0 Å². The quantitative estimate of drug-likeness (QED) is 0.434. The second kappa shape index (κ2) is 8.41. The van der Waals surface area contributed by atoms with Crippen LogP contribution in [0.3, 0.4) is 0 Å². The summed E-state index contributed by atoms with van der Waals surface area (Å²) in [7, 11) is 1.55. The molecule has 0 saturated carbocycles. The van der Waals surface area contributed by atoms with E-state index in [1.54, 1.807) is 37.5 Å². The number of thioether (sulfide) groups is 1. The molecule has 27 heavy (non-hydrogen) atoms. The number of carbonyl (C=O) groups excluding carboxylic acids is 1. The normalized spacial score (nSPS) is 15.6. The smallest absolute Gasteiger partial charge is 0.270 e. The first-order valence-corrected chi connectivity index (χ1v) is 10.0. The van der Waals surface area contributed by atoms with Gasteiger partial charge in [0.1, 0.15) is 5.82 Å². The third kappa shape index (κ3) is 4.02.